The molecule has 2 aliphatic rings. The minimum atomic E-state index is 0.401. The Kier molecular flexibility index (Phi) is 1.59. The van der Waals surface area contributed by atoms with Crippen LogP contribution < -0.4 is 0 Å². The Balaban J connectivity index is 2.35. The fourth-order valence-corrected chi connectivity index (χ4v) is 2.40. The smallest absolute Gasteiger partial charge is 0.158 e. The summed E-state index contributed by atoms with van der Waals surface area (Å²) in [7, 11) is 0. The molecule has 0 N–H and O–H groups in total. The van der Waals surface area contributed by atoms with Crippen LogP contribution in [0.15, 0.2) is 11.1 Å². The number of rotatable bonds is 0. The molecule has 0 aromatic rings. The summed E-state index contributed by atoms with van der Waals surface area (Å²) in [6.07, 6.45) is 5.78. The van der Waals surface area contributed by atoms with Crippen molar-refractivity contribution in [2.45, 2.75) is 39.0 Å². The zero-order chi connectivity index (χ0) is 7.84. The van der Waals surface area contributed by atoms with Crippen molar-refractivity contribution in [3.63, 3.8) is 0 Å². The van der Waals surface area contributed by atoms with Gasteiger partial charge < -0.3 is 0 Å². The summed E-state index contributed by atoms with van der Waals surface area (Å²) in [5, 5.41) is 0. The van der Waals surface area contributed by atoms with Crippen LogP contribution in [0.4, 0.5) is 0 Å². The van der Waals surface area contributed by atoms with Gasteiger partial charge in [-0.15, -0.1) is 0 Å². The van der Waals surface area contributed by atoms with E-state index in [9.17, 15) is 4.79 Å². The van der Waals surface area contributed by atoms with E-state index >= 15 is 0 Å². The zero-order valence-corrected chi connectivity index (χ0v) is 7.02. The van der Waals surface area contributed by atoms with E-state index in [1.165, 1.54) is 24.8 Å². The molecule has 11 heavy (non-hydrogen) atoms. The summed E-state index contributed by atoms with van der Waals surface area (Å²) in [6, 6.07) is 0. The number of ketones is 1. The van der Waals surface area contributed by atoms with Crippen LogP contribution >= 0.6 is 0 Å². The first kappa shape index (κ1) is 7.08. The predicted octanol–water partition coefficient (Wildman–Crippen LogP) is 2.47. The van der Waals surface area contributed by atoms with Gasteiger partial charge in [0.2, 0.25) is 0 Å². The first-order chi connectivity index (χ1) is 5.29. The number of hydrogen-bond donors (Lipinski definition) is 0. The SMILES string of the molecule is CC1=C2CCC[C@H]2CCC1=O. The van der Waals surface area contributed by atoms with Gasteiger partial charge in [-0.25, -0.2) is 0 Å². The number of carbonyl (C=O) groups excluding carboxylic acids is 1. The van der Waals surface area contributed by atoms with Gasteiger partial charge in [-0.1, -0.05) is 5.57 Å². The molecule has 60 valence electrons. The maximum atomic E-state index is 11.3. The molecule has 2 aliphatic carbocycles. The van der Waals surface area contributed by atoms with Crippen LogP contribution in [0.2, 0.25) is 0 Å². The summed E-state index contributed by atoms with van der Waals surface area (Å²) in [5.74, 6) is 1.19. The Labute approximate surface area is 67.5 Å². The summed E-state index contributed by atoms with van der Waals surface area (Å²) in [5.41, 5.74) is 2.58. The molecular formula is C10H14O. The molecule has 2 rings (SSSR count). The van der Waals surface area contributed by atoms with E-state index in [0.717, 1.165) is 24.3 Å². The molecule has 0 aromatic heterocycles. The topological polar surface area (TPSA) is 17.1 Å². The predicted molar refractivity (Wildman–Crippen MR) is 44.3 cm³/mol. The molecular weight excluding hydrogens is 136 g/mol. The highest BCUT2D eigenvalue weighted by Crippen LogP contribution is 2.39. The molecule has 1 heteroatoms. The maximum Gasteiger partial charge on any atom is 0.158 e. The largest absolute Gasteiger partial charge is 0.295 e. The van der Waals surface area contributed by atoms with Crippen LogP contribution in [0.1, 0.15) is 39.0 Å². The van der Waals surface area contributed by atoms with Gasteiger partial charge in [0.15, 0.2) is 5.78 Å². The van der Waals surface area contributed by atoms with Gasteiger partial charge in [0, 0.05) is 6.42 Å². The molecule has 0 aromatic carbocycles. The minimum absolute atomic E-state index is 0.401. The molecule has 0 aliphatic heterocycles. The monoisotopic (exact) mass is 150 g/mol. The van der Waals surface area contributed by atoms with Crippen molar-refractivity contribution in [1.82, 2.24) is 0 Å². The van der Waals surface area contributed by atoms with Gasteiger partial charge in [-0.3, -0.25) is 4.79 Å². The van der Waals surface area contributed by atoms with E-state index in [1.807, 2.05) is 6.92 Å². The Morgan fingerprint density at radius 2 is 2.09 bits per heavy atom. The number of fused-ring (bicyclic) bond motifs is 1. The summed E-state index contributed by atoms with van der Waals surface area (Å²) >= 11 is 0. The molecule has 1 atom stereocenters. The lowest BCUT2D eigenvalue weighted by atomic mass is 9.85. The van der Waals surface area contributed by atoms with Crippen LogP contribution in [-0.2, 0) is 4.79 Å². The van der Waals surface area contributed by atoms with E-state index in [4.69, 9.17) is 0 Å². The third kappa shape index (κ3) is 1.03. The van der Waals surface area contributed by atoms with Crippen LogP contribution in [-0.4, -0.2) is 5.78 Å². The third-order valence-electron chi connectivity index (χ3n) is 3.11. The zero-order valence-electron chi connectivity index (χ0n) is 7.02. The summed E-state index contributed by atoms with van der Waals surface area (Å²) in [4.78, 5) is 11.3. The fraction of sp³-hybridized carbons (Fsp3) is 0.700. The van der Waals surface area contributed by atoms with E-state index in [2.05, 4.69) is 0 Å². The first-order valence-corrected chi connectivity index (χ1v) is 4.52. The highest BCUT2D eigenvalue weighted by atomic mass is 16.1. The molecule has 1 fully saturated rings. The molecule has 0 saturated heterocycles. The van der Waals surface area contributed by atoms with E-state index in [0.29, 0.717) is 5.78 Å². The highest BCUT2D eigenvalue weighted by molar-refractivity contribution is 5.96. The fourth-order valence-electron chi connectivity index (χ4n) is 2.40. The highest BCUT2D eigenvalue weighted by Gasteiger charge is 2.28. The third-order valence-corrected chi connectivity index (χ3v) is 3.11. The Bertz CT molecular complexity index is 225. The van der Waals surface area contributed by atoms with Gasteiger partial charge in [-0.05, 0) is 44.1 Å². The van der Waals surface area contributed by atoms with Crippen LogP contribution in [0.5, 0.6) is 0 Å². The summed E-state index contributed by atoms with van der Waals surface area (Å²) in [6.45, 7) is 2.01. The van der Waals surface area contributed by atoms with Gasteiger partial charge in [-0.2, -0.15) is 0 Å². The summed E-state index contributed by atoms with van der Waals surface area (Å²) < 4.78 is 0. The average Bonchev–Trinajstić information content (AvgIpc) is 2.45. The normalized spacial score (nSPS) is 31.0. The second kappa shape index (κ2) is 2.47. The van der Waals surface area contributed by atoms with Crippen LogP contribution in [0.25, 0.3) is 0 Å². The number of Topliss-reactive ketones (excluding diaryl/α,β-unsaturated/α-hetero) is 1. The molecule has 1 nitrogen and oxygen atoms in total. The minimum Gasteiger partial charge on any atom is -0.295 e. The lowest BCUT2D eigenvalue weighted by Gasteiger charge is -2.19. The first-order valence-electron chi connectivity index (χ1n) is 4.52. The van der Waals surface area contributed by atoms with Gasteiger partial charge in [0.1, 0.15) is 0 Å². The van der Waals surface area contributed by atoms with Gasteiger partial charge in [0.05, 0.1) is 0 Å². The second-order valence-electron chi connectivity index (χ2n) is 3.70. The maximum absolute atomic E-state index is 11.3. The van der Waals surface area contributed by atoms with Crippen LogP contribution in [0, 0.1) is 5.92 Å². The van der Waals surface area contributed by atoms with Crippen molar-refractivity contribution in [2.75, 3.05) is 0 Å². The van der Waals surface area contributed by atoms with Crippen molar-refractivity contribution in [2.24, 2.45) is 5.92 Å². The molecule has 0 radical (unpaired) electrons. The van der Waals surface area contributed by atoms with Crippen LogP contribution in [0.3, 0.4) is 0 Å². The Hall–Kier alpha value is -0.590. The lowest BCUT2D eigenvalue weighted by Crippen LogP contribution is -2.14. The van der Waals surface area contributed by atoms with Gasteiger partial charge in [0.25, 0.3) is 0 Å². The molecule has 0 spiro atoms. The van der Waals surface area contributed by atoms with Crippen molar-refractivity contribution in [1.29, 1.82) is 0 Å². The molecule has 1 saturated carbocycles. The number of carbonyl (C=O) groups is 1. The van der Waals surface area contributed by atoms with E-state index < -0.39 is 0 Å². The standard InChI is InChI=1S/C10H14O/c1-7-9-4-2-3-8(9)5-6-10(7)11/h8H,2-6H2,1H3/t8-/m0/s1. The van der Waals surface area contributed by atoms with E-state index in [1.54, 1.807) is 0 Å². The average molecular weight is 150 g/mol. The van der Waals surface area contributed by atoms with Crippen molar-refractivity contribution < 1.29 is 4.79 Å². The van der Waals surface area contributed by atoms with Crippen molar-refractivity contribution in [3.8, 4) is 0 Å². The molecule has 0 bridgehead atoms. The molecule has 0 heterocycles. The Morgan fingerprint density at radius 3 is 2.91 bits per heavy atom. The van der Waals surface area contributed by atoms with Crippen molar-refractivity contribution in [3.05, 3.63) is 11.1 Å². The molecule has 0 unspecified atom stereocenters. The molecule has 0 amide bonds. The van der Waals surface area contributed by atoms with E-state index in [-0.39, 0.29) is 0 Å². The Morgan fingerprint density at radius 1 is 1.27 bits per heavy atom. The number of hydrogen-bond acceptors (Lipinski definition) is 1. The lowest BCUT2D eigenvalue weighted by molar-refractivity contribution is -0.116. The quantitative estimate of drug-likeness (QED) is 0.518. The van der Waals surface area contributed by atoms with Crippen molar-refractivity contribution >= 4 is 5.78 Å². The number of allylic oxidation sites excluding steroid dienone is 2. The van der Waals surface area contributed by atoms with Gasteiger partial charge >= 0.3 is 0 Å². The second-order valence-corrected chi connectivity index (χ2v) is 3.70.